The van der Waals surface area contributed by atoms with Gasteiger partial charge in [-0.05, 0) is 56.0 Å². The minimum Gasteiger partial charge on any atom is -0.330 e. The van der Waals surface area contributed by atoms with Crippen molar-refractivity contribution in [2.75, 3.05) is 19.6 Å². The van der Waals surface area contributed by atoms with Crippen molar-refractivity contribution in [1.29, 1.82) is 0 Å². The lowest BCUT2D eigenvalue weighted by molar-refractivity contribution is 0.278. The van der Waals surface area contributed by atoms with Gasteiger partial charge in [0.2, 0.25) is 10.0 Å². The van der Waals surface area contributed by atoms with Crippen molar-refractivity contribution >= 4 is 34.0 Å². The van der Waals surface area contributed by atoms with Gasteiger partial charge in [-0.1, -0.05) is 11.6 Å². The molecule has 2 N–H and O–H groups in total. The molecule has 0 saturated carbocycles. The van der Waals surface area contributed by atoms with Gasteiger partial charge in [-0.3, -0.25) is 0 Å². The second-order valence-electron chi connectivity index (χ2n) is 4.99. The first-order valence-electron chi connectivity index (χ1n) is 6.41. The summed E-state index contributed by atoms with van der Waals surface area (Å²) < 4.78 is 26.7. The van der Waals surface area contributed by atoms with Crippen LogP contribution in [0.4, 0.5) is 0 Å². The molecule has 0 radical (unpaired) electrons. The molecule has 1 aliphatic heterocycles. The van der Waals surface area contributed by atoms with E-state index >= 15 is 0 Å². The lowest BCUT2D eigenvalue weighted by Crippen LogP contribution is -2.40. The highest BCUT2D eigenvalue weighted by Crippen LogP contribution is 2.26. The summed E-state index contributed by atoms with van der Waals surface area (Å²) in [6.45, 7) is 3.50. The van der Waals surface area contributed by atoms with Gasteiger partial charge in [0, 0.05) is 18.1 Å². The van der Waals surface area contributed by atoms with Gasteiger partial charge in [0.15, 0.2) is 0 Å². The lowest BCUT2D eigenvalue weighted by atomic mass is 9.99. The molecule has 7 heteroatoms. The molecule has 1 aliphatic rings. The Hall–Kier alpha value is -0.330. The number of halogens is 2. The Kier molecular flexibility index (Phi) is 6.28. The minimum atomic E-state index is -3.41. The predicted octanol–water partition coefficient (Wildman–Crippen LogP) is 2.43. The number of nitrogens with zero attached hydrogens (tertiary/aromatic N) is 1. The van der Waals surface area contributed by atoms with Gasteiger partial charge in [-0.25, -0.2) is 8.42 Å². The van der Waals surface area contributed by atoms with E-state index < -0.39 is 10.0 Å². The monoisotopic (exact) mass is 338 g/mol. The molecular formula is C13H20Cl2N2O2S. The van der Waals surface area contributed by atoms with Crippen molar-refractivity contribution in [3.05, 3.63) is 28.8 Å². The van der Waals surface area contributed by atoms with Crippen molar-refractivity contribution in [2.45, 2.75) is 24.7 Å². The van der Waals surface area contributed by atoms with Crippen molar-refractivity contribution in [3.63, 3.8) is 0 Å². The molecule has 0 bridgehead atoms. The number of rotatable bonds is 3. The maximum absolute atomic E-state index is 12.6. The SMILES string of the molecule is Cc1cc(Cl)ccc1S(=O)(=O)N1CCC(CN)CC1.Cl. The summed E-state index contributed by atoms with van der Waals surface area (Å²) in [5.41, 5.74) is 6.32. The molecule has 1 aromatic rings. The predicted molar refractivity (Wildman–Crippen MR) is 84.0 cm³/mol. The summed E-state index contributed by atoms with van der Waals surface area (Å²) in [4.78, 5) is 0.350. The maximum atomic E-state index is 12.6. The van der Waals surface area contributed by atoms with E-state index in [0.717, 1.165) is 12.8 Å². The summed E-state index contributed by atoms with van der Waals surface area (Å²) >= 11 is 5.87. The van der Waals surface area contributed by atoms with Gasteiger partial charge in [0.05, 0.1) is 4.90 Å². The highest BCUT2D eigenvalue weighted by molar-refractivity contribution is 7.89. The third-order valence-corrected chi connectivity index (χ3v) is 5.96. The topological polar surface area (TPSA) is 63.4 Å². The van der Waals surface area contributed by atoms with Gasteiger partial charge in [-0.2, -0.15) is 4.31 Å². The molecular weight excluding hydrogens is 319 g/mol. The van der Waals surface area contributed by atoms with Crippen LogP contribution in [0, 0.1) is 12.8 Å². The van der Waals surface area contributed by atoms with Gasteiger partial charge >= 0.3 is 0 Å². The van der Waals surface area contributed by atoms with E-state index in [1.165, 1.54) is 0 Å². The quantitative estimate of drug-likeness (QED) is 0.920. The summed E-state index contributed by atoms with van der Waals surface area (Å²) in [6.07, 6.45) is 1.67. The van der Waals surface area contributed by atoms with Crippen LogP contribution in [0.2, 0.25) is 5.02 Å². The summed E-state index contributed by atoms with van der Waals surface area (Å²) in [5.74, 6) is 0.442. The van der Waals surface area contributed by atoms with Crippen molar-refractivity contribution in [3.8, 4) is 0 Å². The Morgan fingerprint density at radius 3 is 2.45 bits per heavy atom. The minimum absolute atomic E-state index is 0. The lowest BCUT2D eigenvalue weighted by Gasteiger charge is -2.30. The molecule has 0 atom stereocenters. The molecule has 0 amide bonds. The number of nitrogens with two attached hydrogens (primary N) is 1. The Morgan fingerprint density at radius 1 is 1.35 bits per heavy atom. The van der Waals surface area contributed by atoms with Crippen LogP contribution in [0.5, 0.6) is 0 Å². The molecule has 20 heavy (non-hydrogen) atoms. The Balaban J connectivity index is 0.00000200. The standard InChI is InChI=1S/C13H19ClN2O2S.ClH/c1-10-8-12(14)2-3-13(10)19(17,18)16-6-4-11(9-15)5-7-16;/h2-3,8,11H,4-7,9,15H2,1H3;1H. The summed E-state index contributed by atoms with van der Waals surface area (Å²) in [6, 6.07) is 4.89. The van der Waals surface area contributed by atoms with E-state index in [1.807, 2.05) is 0 Å². The number of benzene rings is 1. The Labute approximate surface area is 131 Å². The molecule has 0 unspecified atom stereocenters. The second kappa shape index (κ2) is 7.09. The van der Waals surface area contributed by atoms with E-state index in [4.69, 9.17) is 17.3 Å². The van der Waals surface area contributed by atoms with Crippen LogP contribution >= 0.6 is 24.0 Å². The first-order valence-corrected chi connectivity index (χ1v) is 8.23. The number of aryl methyl sites for hydroxylation is 1. The number of piperidine rings is 1. The highest BCUT2D eigenvalue weighted by Gasteiger charge is 2.29. The van der Waals surface area contributed by atoms with Crippen LogP contribution < -0.4 is 5.73 Å². The second-order valence-corrected chi connectivity index (χ2v) is 7.34. The van der Waals surface area contributed by atoms with Crippen LogP contribution in [-0.2, 0) is 10.0 Å². The van der Waals surface area contributed by atoms with E-state index in [2.05, 4.69) is 0 Å². The van der Waals surface area contributed by atoms with Crippen LogP contribution in [0.15, 0.2) is 23.1 Å². The largest absolute Gasteiger partial charge is 0.330 e. The van der Waals surface area contributed by atoms with Crippen LogP contribution in [0.3, 0.4) is 0 Å². The van der Waals surface area contributed by atoms with E-state index in [-0.39, 0.29) is 12.4 Å². The van der Waals surface area contributed by atoms with E-state index in [0.29, 0.717) is 41.0 Å². The van der Waals surface area contributed by atoms with Crippen LogP contribution in [0.1, 0.15) is 18.4 Å². The summed E-state index contributed by atoms with van der Waals surface area (Å²) in [5, 5.41) is 0.554. The number of hydrogen-bond donors (Lipinski definition) is 1. The molecule has 0 aromatic heterocycles. The number of hydrogen-bond acceptors (Lipinski definition) is 3. The van der Waals surface area contributed by atoms with Crippen molar-refractivity contribution in [2.24, 2.45) is 11.7 Å². The van der Waals surface area contributed by atoms with Crippen molar-refractivity contribution in [1.82, 2.24) is 4.31 Å². The molecule has 1 aromatic carbocycles. The molecule has 1 heterocycles. The summed E-state index contributed by atoms with van der Waals surface area (Å²) in [7, 11) is -3.41. The fourth-order valence-electron chi connectivity index (χ4n) is 2.43. The molecule has 114 valence electrons. The van der Waals surface area contributed by atoms with Crippen molar-refractivity contribution < 1.29 is 8.42 Å². The fraction of sp³-hybridized carbons (Fsp3) is 0.538. The van der Waals surface area contributed by atoms with E-state index in [9.17, 15) is 8.42 Å². The molecule has 0 aliphatic carbocycles. The molecule has 1 saturated heterocycles. The van der Waals surface area contributed by atoms with Gasteiger partial charge < -0.3 is 5.73 Å². The zero-order valence-electron chi connectivity index (χ0n) is 11.4. The first-order chi connectivity index (χ1) is 8.95. The Bertz CT molecular complexity index is 555. The fourth-order valence-corrected chi connectivity index (χ4v) is 4.33. The molecule has 1 fully saturated rings. The third kappa shape index (κ3) is 3.65. The van der Waals surface area contributed by atoms with Gasteiger partial charge in [0.1, 0.15) is 0 Å². The van der Waals surface area contributed by atoms with Crippen LogP contribution in [-0.4, -0.2) is 32.4 Å². The zero-order chi connectivity index (χ0) is 14.0. The molecule has 4 nitrogen and oxygen atoms in total. The molecule has 0 spiro atoms. The number of sulfonamides is 1. The van der Waals surface area contributed by atoms with Gasteiger partial charge in [0.25, 0.3) is 0 Å². The van der Waals surface area contributed by atoms with Crippen LogP contribution in [0.25, 0.3) is 0 Å². The average Bonchev–Trinajstić information content (AvgIpc) is 2.38. The third-order valence-electron chi connectivity index (χ3n) is 3.66. The molecule has 2 rings (SSSR count). The van der Waals surface area contributed by atoms with Gasteiger partial charge in [-0.15, -0.1) is 12.4 Å². The average molecular weight is 339 g/mol. The smallest absolute Gasteiger partial charge is 0.243 e. The normalized spacial score (nSPS) is 17.8. The zero-order valence-corrected chi connectivity index (χ0v) is 13.8. The van der Waals surface area contributed by atoms with E-state index in [1.54, 1.807) is 29.4 Å². The Morgan fingerprint density at radius 2 is 1.95 bits per heavy atom. The highest BCUT2D eigenvalue weighted by atomic mass is 35.5. The first kappa shape index (κ1) is 17.7. The maximum Gasteiger partial charge on any atom is 0.243 e.